The van der Waals surface area contributed by atoms with Crippen molar-refractivity contribution >= 4 is 27.3 Å². The van der Waals surface area contributed by atoms with Gasteiger partial charge < -0.3 is 4.74 Å². The molecule has 166 valence electrons. The van der Waals surface area contributed by atoms with Crippen molar-refractivity contribution in [1.82, 2.24) is 5.43 Å². The molecule has 8 heteroatoms. The smallest absolute Gasteiger partial charge is 0.264 e. The fraction of sp³-hybridized carbons (Fsp3) is 0.391. The molecule has 0 saturated heterocycles. The lowest BCUT2D eigenvalue weighted by molar-refractivity contribution is -0.119. The Kier molecular flexibility index (Phi) is 8.06. The first-order valence-corrected chi connectivity index (χ1v) is 12.0. The molecule has 0 aromatic heterocycles. The summed E-state index contributed by atoms with van der Waals surface area (Å²) in [5, 5.41) is 4.29. The third-order valence-corrected chi connectivity index (χ3v) is 7.04. The molecule has 1 aliphatic rings. The van der Waals surface area contributed by atoms with Crippen LogP contribution in [0.1, 0.15) is 44.9 Å². The molecule has 3 rings (SSSR count). The van der Waals surface area contributed by atoms with Gasteiger partial charge in [-0.15, -0.1) is 0 Å². The number of amides is 1. The number of hydrazone groups is 1. The zero-order chi connectivity index (χ0) is 22.1. The van der Waals surface area contributed by atoms with Crippen molar-refractivity contribution in [2.75, 3.05) is 18.0 Å². The Bertz CT molecular complexity index is 979. The summed E-state index contributed by atoms with van der Waals surface area (Å²) < 4.78 is 32.9. The minimum absolute atomic E-state index is 0.0799. The van der Waals surface area contributed by atoms with Crippen LogP contribution in [0.2, 0.25) is 0 Å². The predicted octanol–water partition coefficient (Wildman–Crippen LogP) is 4.11. The van der Waals surface area contributed by atoms with Gasteiger partial charge in [0.15, 0.2) is 0 Å². The second-order valence-electron chi connectivity index (χ2n) is 7.50. The van der Waals surface area contributed by atoms with E-state index in [4.69, 9.17) is 4.74 Å². The van der Waals surface area contributed by atoms with E-state index in [0.29, 0.717) is 11.4 Å². The SMILES string of the molecule is COc1ccc(S(=O)(=O)N(CC(=O)NN=C2CCCCCCC2)c2ccccc2)cc1. The molecule has 1 saturated carbocycles. The number of rotatable bonds is 7. The maximum absolute atomic E-state index is 13.3. The van der Waals surface area contributed by atoms with Crippen molar-refractivity contribution in [1.29, 1.82) is 0 Å². The van der Waals surface area contributed by atoms with E-state index in [1.165, 1.54) is 38.5 Å². The lowest BCUT2D eigenvalue weighted by atomic mass is 9.99. The zero-order valence-corrected chi connectivity index (χ0v) is 18.6. The number of sulfonamides is 1. The van der Waals surface area contributed by atoms with E-state index in [9.17, 15) is 13.2 Å². The van der Waals surface area contributed by atoms with E-state index in [2.05, 4.69) is 10.5 Å². The Morgan fingerprint density at radius 1 is 0.968 bits per heavy atom. The number of ether oxygens (including phenoxy) is 1. The van der Waals surface area contributed by atoms with Gasteiger partial charge in [0.05, 0.1) is 17.7 Å². The minimum atomic E-state index is -3.96. The summed E-state index contributed by atoms with van der Waals surface area (Å²) in [5.74, 6) is 0.0773. The molecule has 1 N–H and O–H groups in total. The van der Waals surface area contributed by atoms with Gasteiger partial charge in [-0.1, -0.05) is 37.5 Å². The fourth-order valence-corrected chi connectivity index (χ4v) is 4.94. The molecule has 31 heavy (non-hydrogen) atoms. The number of benzene rings is 2. The average Bonchev–Trinajstić information content (AvgIpc) is 2.77. The molecule has 0 radical (unpaired) electrons. The number of carbonyl (C=O) groups excluding carboxylic acids is 1. The number of nitrogens with zero attached hydrogens (tertiary/aromatic N) is 2. The molecule has 2 aromatic carbocycles. The molecule has 1 amide bonds. The summed E-state index contributed by atoms with van der Waals surface area (Å²) in [6, 6.07) is 14.7. The molecule has 0 bridgehead atoms. The van der Waals surface area contributed by atoms with Crippen LogP contribution >= 0.6 is 0 Å². The van der Waals surface area contributed by atoms with E-state index in [1.807, 2.05) is 0 Å². The highest BCUT2D eigenvalue weighted by atomic mass is 32.2. The predicted molar refractivity (Wildman–Crippen MR) is 122 cm³/mol. The first-order chi connectivity index (χ1) is 15.0. The fourth-order valence-electron chi connectivity index (χ4n) is 3.52. The molecule has 2 aromatic rings. The third kappa shape index (κ3) is 6.30. The van der Waals surface area contributed by atoms with Gasteiger partial charge in [-0.05, 0) is 62.1 Å². The Balaban J connectivity index is 1.79. The Labute approximate surface area is 184 Å². The Morgan fingerprint density at radius 3 is 2.19 bits per heavy atom. The first kappa shape index (κ1) is 22.8. The average molecular weight is 444 g/mol. The first-order valence-electron chi connectivity index (χ1n) is 10.6. The highest BCUT2D eigenvalue weighted by molar-refractivity contribution is 7.92. The number of hydrogen-bond acceptors (Lipinski definition) is 5. The Hall–Kier alpha value is -2.87. The van der Waals surface area contributed by atoms with Crippen LogP contribution in [0.25, 0.3) is 0 Å². The van der Waals surface area contributed by atoms with E-state index in [1.54, 1.807) is 42.5 Å². The number of para-hydroxylation sites is 1. The monoisotopic (exact) mass is 443 g/mol. The third-order valence-electron chi connectivity index (χ3n) is 5.25. The minimum Gasteiger partial charge on any atom is -0.497 e. The Morgan fingerprint density at radius 2 is 1.58 bits per heavy atom. The summed E-state index contributed by atoms with van der Waals surface area (Å²) >= 11 is 0. The van der Waals surface area contributed by atoms with Gasteiger partial charge in [-0.3, -0.25) is 9.10 Å². The number of anilines is 1. The van der Waals surface area contributed by atoms with E-state index in [0.717, 1.165) is 35.7 Å². The van der Waals surface area contributed by atoms with Gasteiger partial charge in [0.1, 0.15) is 12.3 Å². The summed E-state index contributed by atoms with van der Waals surface area (Å²) in [6.45, 7) is -0.366. The van der Waals surface area contributed by atoms with Crippen molar-refractivity contribution in [3.8, 4) is 5.75 Å². The van der Waals surface area contributed by atoms with Crippen LogP contribution < -0.4 is 14.5 Å². The van der Waals surface area contributed by atoms with Crippen molar-refractivity contribution in [3.63, 3.8) is 0 Å². The molecule has 0 unspecified atom stereocenters. The zero-order valence-electron chi connectivity index (χ0n) is 17.8. The number of hydrogen-bond donors (Lipinski definition) is 1. The van der Waals surface area contributed by atoms with Gasteiger partial charge in [-0.2, -0.15) is 5.10 Å². The van der Waals surface area contributed by atoms with E-state index in [-0.39, 0.29) is 11.4 Å². The maximum Gasteiger partial charge on any atom is 0.264 e. The van der Waals surface area contributed by atoms with Gasteiger partial charge in [0.25, 0.3) is 15.9 Å². The second-order valence-corrected chi connectivity index (χ2v) is 9.37. The lowest BCUT2D eigenvalue weighted by Crippen LogP contribution is -2.39. The normalized spacial score (nSPS) is 14.8. The van der Waals surface area contributed by atoms with Gasteiger partial charge in [0.2, 0.25) is 0 Å². The lowest BCUT2D eigenvalue weighted by Gasteiger charge is -2.23. The largest absolute Gasteiger partial charge is 0.497 e. The number of nitrogens with one attached hydrogen (secondary N) is 1. The molecule has 0 atom stereocenters. The van der Waals surface area contributed by atoms with Crippen molar-refractivity contribution in [2.24, 2.45) is 5.10 Å². The molecule has 0 heterocycles. The van der Waals surface area contributed by atoms with Gasteiger partial charge in [-0.25, -0.2) is 13.8 Å². The molecule has 0 spiro atoms. The number of methoxy groups -OCH3 is 1. The van der Waals surface area contributed by atoms with Crippen LogP contribution in [0.5, 0.6) is 5.75 Å². The van der Waals surface area contributed by atoms with E-state index >= 15 is 0 Å². The molecule has 0 aliphatic heterocycles. The maximum atomic E-state index is 13.3. The topological polar surface area (TPSA) is 88.1 Å². The van der Waals surface area contributed by atoms with E-state index < -0.39 is 15.9 Å². The van der Waals surface area contributed by atoms with Crippen molar-refractivity contribution in [3.05, 3.63) is 54.6 Å². The standard InChI is InChI=1S/C23H29N3O4S/c1-30-21-14-16-22(17-15-21)31(28,29)26(20-12-8-5-9-13-20)18-23(27)25-24-19-10-6-3-2-4-7-11-19/h5,8-9,12-17H,2-4,6-7,10-11,18H2,1H3,(H,25,27). The summed E-state index contributed by atoms with van der Waals surface area (Å²) in [5.41, 5.74) is 3.94. The van der Waals surface area contributed by atoms with Crippen LogP contribution in [-0.2, 0) is 14.8 Å². The highest BCUT2D eigenvalue weighted by Crippen LogP contribution is 2.25. The van der Waals surface area contributed by atoms with Crippen molar-refractivity contribution < 1.29 is 17.9 Å². The van der Waals surface area contributed by atoms with Crippen LogP contribution in [0.15, 0.2) is 64.6 Å². The summed E-state index contributed by atoms with van der Waals surface area (Å²) in [4.78, 5) is 12.7. The highest BCUT2D eigenvalue weighted by Gasteiger charge is 2.27. The molecule has 1 fully saturated rings. The molecular formula is C23H29N3O4S. The van der Waals surface area contributed by atoms with Crippen LogP contribution in [0, 0.1) is 0 Å². The quantitative estimate of drug-likeness (QED) is 0.653. The van der Waals surface area contributed by atoms with Gasteiger partial charge in [0, 0.05) is 5.71 Å². The number of carbonyl (C=O) groups is 1. The molecular weight excluding hydrogens is 414 g/mol. The van der Waals surface area contributed by atoms with Gasteiger partial charge >= 0.3 is 0 Å². The summed E-state index contributed by atoms with van der Waals surface area (Å²) in [7, 11) is -2.44. The molecule has 7 nitrogen and oxygen atoms in total. The molecule has 1 aliphatic carbocycles. The van der Waals surface area contributed by atoms with Crippen LogP contribution in [0.3, 0.4) is 0 Å². The second kappa shape index (κ2) is 10.9. The summed E-state index contributed by atoms with van der Waals surface area (Å²) in [6.07, 6.45) is 7.46. The van der Waals surface area contributed by atoms with Crippen LogP contribution in [-0.4, -0.2) is 33.7 Å². The van der Waals surface area contributed by atoms with Crippen molar-refractivity contribution in [2.45, 2.75) is 49.8 Å². The van der Waals surface area contributed by atoms with Crippen LogP contribution in [0.4, 0.5) is 5.69 Å².